The summed E-state index contributed by atoms with van der Waals surface area (Å²) in [6.45, 7) is 10.9. The first kappa shape index (κ1) is 71.3. The van der Waals surface area contributed by atoms with E-state index in [-0.39, 0.29) is 124 Å². The number of amides is 3. The number of Topliss-reactive ketones (excluding diaryl/α,β-unsaturated/α-hetero) is 2. The number of allylic oxidation sites excluding steroid dienone is 3. The second-order valence-corrected chi connectivity index (χ2v) is 25.0. The molecule has 5 N–H and O–H groups in total. The molecule has 4 fully saturated rings. The molecule has 500 valence electrons. The second kappa shape index (κ2) is 31.4. The number of anilines is 3. The Bertz CT molecular complexity index is 2930. The molecular formula is C64H91F4N7O15. The highest BCUT2D eigenvalue weighted by molar-refractivity contribution is 6.39. The molecule has 1 saturated carbocycles. The molecule has 3 saturated heterocycles. The van der Waals surface area contributed by atoms with Gasteiger partial charge in [-0.1, -0.05) is 38.5 Å². The fourth-order valence-corrected chi connectivity index (χ4v) is 13.3. The predicted octanol–water partition coefficient (Wildman–Crippen LogP) is 7.35. The van der Waals surface area contributed by atoms with Crippen LogP contribution in [0.5, 0.6) is 5.75 Å². The molecule has 26 heteroatoms. The van der Waals surface area contributed by atoms with Crippen LogP contribution in [0.3, 0.4) is 0 Å². The summed E-state index contributed by atoms with van der Waals surface area (Å²) in [6.07, 6.45) is -2.78. The van der Waals surface area contributed by atoms with Crippen molar-refractivity contribution in [2.24, 2.45) is 29.6 Å². The number of methoxy groups -OCH3 is 4. The number of nitrogens with zero attached hydrogens (tertiary/aromatic N) is 5. The lowest BCUT2D eigenvalue weighted by atomic mass is 9.81. The number of aromatic nitrogens is 2. The van der Waals surface area contributed by atoms with E-state index in [2.05, 4.69) is 20.6 Å². The predicted molar refractivity (Wildman–Crippen MR) is 322 cm³/mol. The number of fused-ring (bicyclic) bond motifs is 3. The van der Waals surface area contributed by atoms with Gasteiger partial charge in [-0.3, -0.25) is 24.0 Å². The maximum Gasteiger partial charge on any atom is 0.421 e. The van der Waals surface area contributed by atoms with Crippen LogP contribution >= 0.6 is 0 Å². The van der Waals surface area contributed by atoms with Gasteiger partial charge in [0.1, 0.15) is 47.0 Å². The van der Waals surface area contributed by atoms with E-state index in [0.717, 1.165) is 22.6 Å². The summed E-state index contributed by atoms with van der Waals surface area (Å²) >= 11 is 0. The Balaban J connectivity index is 1.09. The lowest BCUT2D eigenvalue weighted by molar-refractivity contribution is -0.302. The van der Waals surface area contributed by atoms with Crippen LogP contribution in [0.15, 0.2) is 41.6 Å². The van der Waals surface area contributed by atoms with Crippen LogP contribution in [-0.2, 0) is 53.8 Å². The Hall–Kier alpha value is -6.16. The van der Waals surface area contributed by atoms with Gasteiger partial charge in [0.05, 0.1) is 48.9 Å². The molecule has 7 rings (SSSR count). The normalized spacial score (nSPS) is 31.4. The minimum absolute atomic E-state index is 0.0100. The number of hydrogen-bond acceptors (Lipinski definition) is 19. The molecule has 2 aromatic rings. The van der Waals surface area contributed by atoms with E-state index >= 15 is 4.39 Å². The van der Waals surface area contributed by atoms with E-state index in [1.165, 1.54) is 33.3 Å². The first-order valence-electron chi connectivity index (χ1n) is 31.3. The van der Waals surface area contributed by atoms with Crippen molar-refractivity contribution in [3.8, 4) is 5.75 Å². The van der Waals surface area contributed by atoms with Crippen molar-refractivity contribution in [3.05, 3.63) is 58.6 Å². The maximum atomic E-state index is 15.8. The van der Waals surface area contributed by atoms with Gasteiger partial charge in [0.2, 0.25) is 17.6 Å². The largest absolute Gasteiger partial charge is 0.495 e. The molecule has 5 heterocycles. The van der Waals surface area contributed by atoms with Crippen molar-refractivity contribution in [2.75, 3.05) is 78.3 Å². The number of nitrogens with one attached hydrogen (secondary N) is 2. The molecule has 3 amide bonds. The van der Waals surface area contributed by atoms with E-state index in [4.69, 9.17) is 28.4 Å². The number of aliphatic hydroxyl groups is 3. The van der Waals surface area contributed by atoms with Crippen LogP contribution in [0, 0.1) is 35.4 Å². The van der Waals surface area contributed by atoms with E-state index < -0.39 is 119 Å². The number of rotatable bonds is 15. The average molecular weight is 1270 g/mol. The number of alkyl halides is 3. The van der Waals surface area contributed by atoms with Crippen molar-refractivity contribution in [1.29, 1.82) is 0 Å². The number of carbonyl (C=O) groups is 6. The zero-order valence-electron chi connectivity index (χ0n) is 53.3. The monoisotopic (exact) mass is 1270 g/mol. The average Bonchev–Trinajstić information content (AvgIpc) is 0.791. The second-order valence-electron chi connectivity index (χ2n) is 25.0. The van der Waals surface area contributed by atoms with E-state index in [1.807, 2.05) is 26.0 Å². The summed E-state index contributed by atoms with van der Waals surface area (Å²) in [7, 11) is 5.75. The van der Waals surface area contributed by atoms with Gasteiger partial charge in [0, 0.05) is 103 Å². The molecule has 0 spiro atoms. The molecule has 14 atom stereocenters. The third kappa shape index (κ3) is 17.1. The number of cyclic esters (lactones) is 1. The molecule has 1 aromatic carbocycles. The van der Waals surface area contributed by atoms with Crippen molar-refractivity contribution in [1.82, 2.24) is 24.7 Å². The van der Waals surface area contributed by atoms with E-state index in [9.17, 15) is 57.3 Å². The highest BCUT2D eigenvalue weighted by Crippen LogP contribution is 2.41. The number of piperazine rings is 1. The van der Waals surface area contributed by atoms with Crippen LogP contribution in [-0.4, -0.2) is 198 Å². The molecule has 2 bridgehead atoms. The van der Waals surface area contributed by atoms with Gasteiger partial charge < -0.3 is 69.1 Å². The summed E-state index contributed by atoms with van der Waals surface area (Å²) in [4.78, 5) is 97.9. The molecule has 22 nitrogen and oxygen atoms in total. The number of halogens is 4. The molecule has 5 aliphatic rings. The zero-order chi connectivity index (χ0) is 65.9. The van der Waals surface area contributed by atoms with Crippen molar-refractivity contribution in [2.45, 2.75) is 186 Å². The van der Waals surface area contributed by atoms with Crippen LogP contribution in [0.2, 0.25) is 0 Å². The van der Waals surface area contributed by atoms with E-state index in [0.29, 0.717) is 56.7 Å². The summed E-state index contributed by atoms with van der Waals surface area (Å²) in [5, 5.41) is 40.3. The summed E-state index contributed by atoms with van der Waals surface area (Å²) in [5.41, 5.74) is -0.117. The summed E-state index contributed by atoms with van der Waals surface area (Å²) < 4.78 is 92.2. The van der Waals surface area contributed by atoms with Crippen molar-refractivity contribution in [3.63, 3.8) is 0 Å². The zero-order valence-corrected chi connectivity index (χ0v) is 53.3. The Morgan fingerprint density at radius 3 is 2.21 bits per heavy atom. The molecule has 90 heavy (non-hydrogen) atoms. The highest BCUT2D eigenvalue weighted by Gasteiger charge is 2.57. The lowest BCUT2D eigenvalue weighted by Crippen LogP contribution is -2.64. The molecule has 1 aromatic heterocycles. The van der Waals surface area contributed by atoms with Gasteiger partial charge in [0.15, 0.2) is 0 Å². The third-order valence-electron chi connectivity index (χ3n) is 18.5. The minimum Gasteiger partial charge on any atom is -0.495 e. The number of piperidine rings is 1. The topological polar surface area (TPSA) is 278 Å². The molecular weight excluding hydrogens is 1180 g/mol. The van der Waals surface area contributed by atoms with Gasteiger partial charge in [-0.25, -0.2) is 14.2 Å². The number of hydrogen-bond donors (Lipinski definition) is 5. The van der Waals surface area contributed by atoms with Crippen LogP contribution in [0.4, 0.5) is 35.0 Å². The number of aliphatic hydroxyl groups excluding tert-OH is 2. The minimum atomic E-state index is -4.74. The van der Waals surface area contributed by atoms with Crippen LogP contribution < -0.4 is 15.4 Å². The number of ether oxygens (including phenoxy) is 6. The fraction of sp³-hybridized carbons (Fsp3) is 0.688. The molecule has 0 radical (unpaired) electrons. The Labute approximate surface area is 523 Å². The molecule has 1 aliphatic carbocycles. The quantitative estimate of drug-likeness (QED) is 0.0504. The van der Waals surface area contributed by atoms with Gasteiger partial charge in [-0.05, 0) is 115 Å². The number of esters is 1. The van der Waals surface area contributed by atoms with Gasteiger partial charge in [-0.15, -0.1) is 0 Å². The van der Waals surface area contributed by atoms with Crippen LogP contribution in [0.1, 0.15) is 141 Å². The Morgan fingerprint density at radius 2 is 1.56 bits per heavy atom. The number of benzene rings is 1. The Morgan fingerprint density at radius 1 is 0.878 bits per heavy atom. The van der Waals surface area contributed by atoms with E-state index in [1.54, 1.807) is 32.6 Å². The lowest BCUT2D eigenvalue weighted by Gasteiger charge is -2.47. The molecule has 4 aliphatic heterocycles. The summed E-state index contributed by atoms with van der Waals surface area (Å²) in [5.74, 6) is -11.7. The van der Waals surface area contributed by atoms with Gasteiger partial charge in [-0.2, -0.15) is 18.2 Å². The van der Waals surface area contributed by atoms with Gasteiger partial charge >= 0.3 is 12.1 Å². The first-order chi connectivity index (χ1) is 42.7. The fourth-order valence-electron chi connectivity index (χ4n) is 13.3. The third-order valence-corrected chi connectivity index (χ3v) is 18.5. The molecule has 2 unspecified atom stereocenters. The Kier molecular flexibility index (Phi) is 24.9. The SMILES string of the molecule is CCNc1nc(Nc2cc(F)c(C(=O)N3CCN(C(=O)CCC[C@@H]4/C=C(\C)C[C@H](C)CC(OC)[C@H]5O[C@@](O)(C(=O)C(=O)N6CCCC[C@H]6C(=O)O[C@H](/C(C)=C/[C@@H]6CC[C@@H](O)[C@H](OC)C6)[C@H](C)[C@@H](O)CC4=O)[C@H](C)CC5OC)CC3)cc2OC)ncc1C(F)(F)F. The standard InChI is InChI=1S/C64H91F4N7O15/c1-11-69-58-43(64(66,67)68)34-70-62(72-58)71-45-32-44(65)42(31-50(45)85-7)59(81)74-23-21-73(22-24-74)54(79)17-14-15-41-26-35(2)25-36(3)27-52(87-9)56-53(88-10)29-38(5)63(84,90-56)57(80)60(82)75-20-13-12-16-46(75)61(83)89-55(39(6)48(77)33-49(41)78)37(4)28-40-18-19-47(76)51(30-40)86-8/h26,28,31-32,34,36,38-41,46-48,51-53,55-56,76-77,84H,11-25,27,29-30,33H2,1-10H3,(H2,69,70,71,72)/b35-26+,37-28+/t36-,38+,39+,40-,41+,46-,47+,48-,51+,52?,53?,55+,56+,63+/m0/s1. The highest BCUT2D eigenvalue weighted by atomic mass is 19.4. The van der Waals surface area contributed by atoms with Crippen molar-refractivity contribution >= 4 is 52.7 Å². The van der Waals surface area contributed by atoms with Gasteiger partial charge in [0.25, 0.3) is 17.6 Å². The number of carbonyl (C=O) groups excluding carboxylic acids is 6. The van der Waals surface area contributed by atoms with Crippen molar-refractivity contribution < 1.29 is 90.1 Å². The maximum absolute atomic E-state index is 15.8. The first-order valence-corrected chi connectivity index (χ1v) is 31.3. The number of ketones is 2. The van der Waals surface area contributed by atoms with Crippen LogP contribution in [0.25, 0.3) is 0 Å². The summed E-state index contributed by atoms with van der Waals surface area (Å²) in [6, 6.07) is 0.869. The smallest absolute Gasteiger partial charge is 0.421 e.